The molecule has 2 aliphatic carbocycles. The number of aryl methyl sites for hydroxylation is 6. The number of hydrogen-bond acceptors (Lipinski definition) is 8. The third-order valence-electron chi connectivity index (χ3n) is 17.4. The van der Waals surface area contributed by atoms with Gasteiger partial charge in [-0.25, -0.2) is 8.78 Å². The Kier molecular flexibility index (Phi) is 31.9. The van der Waals surface area contributed by atoms with Crippen LogP contribution in [0.5, 0.6) is 0 Å². The quantitative estimate of drug-likeness (QED) is 0.0191. The molecule has 0 aliphatic heterocycles. The topological polar surface area (TPSA) is 73.8 Å². The summed E-state index contributed by atoms with van der Waals surface area (Å²) in [4.78, 5) is 0. The third kappa shape index (κ3) is 24.7. The molecular formula is C84H94F2O8. The molecule has 6 aromatic carbocycles. The van der Waals surface area contributed by atoms with Gasteiger partial charge in [0.05, 0.1) is 51.5 Å². The lowest BCUT2D eigenvalue weighted by Crippen LogP contribution is -2.19. The molecule has 0 radical (unpaired) electrons. The molecule has 0 bridgehead atoms. The van der Waals surface area contributed by atoms with E-state index in [9.17, 15) is 8.78 Å². The molecule has 94 heavy (non-hydrogen) atoms. The van der Waals surface area contributed by atoms with Gasteiger partial charge >= 0.3 is 0 Å². The molecule has 0 N–H and O–H groups in total. The first-order valence-corrected chi connectivity index (χ1v) is 33.4. The Balaban J connectivity index is 0.000000266. The van der Waals surface area contributed by atoms with Crippen molar-refractivity contribution >= 4 is 0 Å². The second kappa shape index (κ2) is 41.2. The molecule has 2 aliphatic rings. The lowest BCUT2D eigenvalue weighted by atomic mass is 9.80. The van der Waals surface area contributed by atoms with Crippen LogP contribution in [0, 0.1) is 82.7 Å². The Morgan fingerprint density at radius 1 is 0.351 bits per heavy atom. The minimum absolute atomic E-state index is 0.0318. The summed E-state index contributed by atoms with van der Waals surface area (Å²) < 4.78 is 70.9. The van der Waals surface area contributed by atoms with Crippen LogP contribution in [0.2, 0.25) is 0 Å². The van der Waals surface area contributed by atoms with Gasteiger partial charge in [-0.1, -0.05) is 163 Å². The first-order valence-electron chi connectivity index (χ1n) is 33.4. The van der Waals surface area contributed by atoms with Crippen molar-refractivity contribution in [3.63, 3.8) is 0 Å². The molecule has 0 aromatic heterocycles. The van der Waals surface area contributed by atoms with Crippen LogP contribution in [-0.4, -0.2) is 40.4 Å². The van der Waals surface area contributed by atoms with E-state index in [1.165, 1.54) is 113 Å². The maximum atomic E-state index is 14.6. The van der Waals surface area contributed by atoms with Gasteiger partial charge in [-0.2, -0.15) is 0 Å². The van der Waals surface area contributed by atoms with Gasteiger partial charge in [-0.15, -0.1) is 0 Å². The number of rotatable bonds is 30. The largest absolute Gasteiger partial charge is 0.476 e. The first-order chi connectivity index (χ1) is 46.0. The molecule has 0 amide bonds. The Bertz CT molecular complexity index is 3340. The summed E-state index contributed by atoms with van der Waals surface area (Å²) in [6.45, 7) is 25.0. The summed E-state index contributed by atoms with van der Waals surface area (Å²) in [6.07, 6.45) is 23.5. The van der Waals surface area contributed by atoms with E-state index >= 15 is 0 Å². The second-order valence-electron chi connectivity index (χ2n) is 23.9. The predicted octanol–water partition coefficient (Wildman–Crippen LogP) is 18.5. The van der Waals surface area contributed by atoms with Crippen LogP contribution in [-0.2, 0) is 89.6 Å². The fourth-order valence-electron chi connectivity index (χ4n) is 11.9. The lowest BCUT2D eigenvalue weighted by molar-refractivity contribution is -0.0323. The van der Waals surface area contributed by atoms with E-state index in [2.05, 4.69) is 174 Å². The summed E-state index contributed by atoms with van der Waals surface area (Å²) in [5, 5.41) is 0. The summed E-state index contributed by atoms with van der Waals surface area (Å²) in [5.74, 6) is 28.6. The van der Waals surface area contributed by atoms with Gasteiger partial charge in [0, 0.05) is 55.6 Å². The van der Waals surface area contributed by atoms with Crippen LogP contribution >= 0.6 is 0 Å². The Hall–Kier alpha value is -8.58. The smallest absolute Gasteiger partial charge is 0.188 e. The number of halogens is 2. The molecule has 0 unspecified atom stereocenters. The molecule has 2 saturated carbocycles. The molecule has 492 valence electrons. The zero-order chi connectivity index (χ0) is 66.5. The molecular weight excluding hydrogens is 1170 g/mol. The zero-order valence-electron chi connectivity index (χ0n) is 55.8. The first kappa shape index (κ1) is 72.8. The minimum atomic E-state index is -0.351. The maximum absolute atomic E-state index is 14.6. The average Bonchev–Trinajstić information content (AvgIpc) is 0.895. The van der Waals surface area contributed by atoms with Gasteiger partial charge in [0.15, 0.2) is 27.2 Å². The highest BCUT2D eigenvalue weighted by atomic mass is 19.1. The predicted molar refractivity (Wildman–Crippen MR) is 374 cm³/mol. The molecule has 8 nitrogen and oxygen atoms in total. The highest BCUT2D eigenvalue weighted by molar-refractivity contribution is 5.58. The van der Waals surface area contributed by atoms with E-state index in [0.717, 1.165) is 119 Å². The van der Waals surface area contributed by atoms with Crippen molar-refractivity contribution in [3.8, 4) is 47.4 Å². The van der Waals surface area contributed by atoms with E-state index < -0.39 is 0 Å². The molecule has 0 spiro atoms. The van der Waals surface area contributed by atoms with Crippen LogP contribution in [0.25, 0.3) is 0 Å². The summed E-state index contributed by atoms with van der Waals surface area (Å²) in [5.41, 5.74) is 15.5. The molecule has 0 atom stereocenters. The van der Waals surface area contributed by atoms with E-state index in [1.807, 2.05) is 12.1 Å². The van der Waals surface area contributed by atoms with Crippen LogP contribution in [0.15, 0.2) is 161 Å². The van der Waals surface area contributed by atoms with Crippen LogP contribution < -0.4 is 0 Å². The van der Waals surface area contributed by atoms with E-state index in [4.69, 9.17) is 37.9 Å². The lowest BCUT2D eigenvalue weighted by Gasteiger charge is -2.28. The van der Waals surface area contributed by atoms with Gasteiger partial charge in [0.1, 0.15) is 11.6 Å². The SMILES string of the molecule is C=COCOCc1ccc(C#Cc2c(CC)cc(C#Cc3ccc(CCC4CCC(COCOC=C)CC4)cc3)cc2CC)cc1F.C=COCOCc1ccc(C#Cc2c(CC)cc(C#Cc3ccc(CCC4CCC(COCOC=C)CC4)cc3)cc2CC)cc1F. The zero-order valence-corrected chi connectivity index (χ0v) is 55.8. The second-order valence-corrected chi connectivity index (χ2v) is 23.9. The Morgan fingerprint density at radius 3 is 0.968 bits per heavy atom. The maximum Gasteiger partial charge on any atom is 0.188 e. The van der Waals surface area contributed by atoms with Crippen molar-refractivity contribution in [2.75, 3.05) is 40.4 Å². The number of benzene rings is 6. The molecule has 0 saturated heterocycles. The summed E-state index contributed by atoms with van der Waals surface area (Å²) >= 11 is 0. The molecule has 2 fully saturated rings. The molecule has 6 aromatic rings. The minimum Gasteiger partial charge on any atom is -0.476 e. The monoisotopic (exact) mass is 1270 g/mol. The van der Waals surface area contributed by atoms with Crippen LogP contribution in [0.3, 0.4) is 0 Å². The fourth-order valence-corrected chi connectivity index (χ4v) is 11.9. The van der Waals surface area contributed by atoms with Crippen molar-refractivity contribution in [2.45, 2.75) is 144 Å². The third-order valence-corrected chi connectivity index (χ3v) is 17.4. The van der Waals surface area contributed by atoms with Crippen molar-refractivity contribution in [1.29, 1.82) is 0 Å². The summed E-state index contributed by atoms with van der Waals surface area (Å²) in [6, 6.07) is 35.9. The van der Waals surface area contributed by atoms with Crippen molar-refractivity contribution in [2.24, 2.45) is 23.7 Å². The standard InChI is InChI=1S/2C42H47FO4/c2*1-5-38-25-37(26-39(6-2)41(38)24-22-35-21-23-40(42(43)27-35)29-47-31-45-8-4)20-17-33-12-9-32(10-13-33)11-14-34-15-18-36(19-16-34)28-46-30-44-7-3/h2*7-10,12-13,21,23,25-27,34,36H,3-6,11,14-16,18-19,28-31H2,1-2H3. The molecule has 10 heteroatoms. The normalized spacial score (nSPS) is 15.5. The van der Waals surface area contributed by atoms with Crippen molar-refractivity contribution in [1.82, 2.24) is 0 Å². The van der Waals surface area contributed by atoms with E-state index in [0.29, 0.717) is 47.7 Å². The highest BCUT2D eigenvalue weighted by Gasteiger charge is 2.23. The Morgan fingerprint density at radius 2 is 0.649 bits per heavy atom. The molecule has 8 rings (SSSR count). The van der Waals surface area contributed by atoms with Gasteiger partial charge < -0.3 is 37.9 Å². The van der Waals surface area contributed by atoms with Crippen LogP contribution in [0.4, 0.5) is 8.78 Å². The van der Waals surface area contributed by atoms with Gasteiger partial charge in [-0.05, 0) is 207 Å². The molecule has 0 heterocycles. The van der Waals surface area contributed by atoms with Gasteiger partial charge in [0.25, 0.3) is 0 Å². The fraction of sp³-hybridized carbons (Fsp3) is 0.381. The van der Waals surface area contributed by atoms with Gasteiger partial charge in [-0.3, -0.25) is 0 Å². The van der Waals surface area contributed by atoms with Gasteiger partial charge in [0.2, 0.25) is 0 Å². The average molecular weight is 1270 g/mol. The van der Waals surface area contributed by atoms with E-state index in [1.54, 1.807) is 12.1 Å². The number of hydrogen-bond donors (Lipinski definition) is 0. The highest BCUT2D eigenvalue weighted by Crippen LogP contribution is 2.34. The van der Waals surface area contributed by atoms with Crippen molar-refractivity contribution < 1.29 is 46.7 Å². The van der Waals surface area contributed by atoms with Crippen LogP contribution in [0.1, 0.15) is 181 Å². The summed E-state index contributed by atoms with van der Waals surface area (Å²) in [7, 11) is 0. The Labute approximate surface area is 560 Å². The van der Waals surface area contributed by atoms with E-state index in [-0.39, 0.29) is 38.4 Å². The number of ether oxygens (including phenoxy) is 8. The van der Waals surface area contributed by atoms with Crippen molar-refractivity contribution in [3.05, 3.63) is 261 Å².